The fraction of sp³-hybridized carbons (Fsp3) is 0.393. The fourth-order valence-corrected chi connectivity index (χ4v) is 4.68. The van der Waals surface area contributed by atoms with Crippen molar-refractivity contribution in [2.45, 2.75) is 12.6 Å². The second kappa shape index (κ2) is 13.9. The quantitative estimate of drug-likeness (QED) is 0.169. The van der Waals surface area contributed by atoms with E-state index in [0.717, 1.165) is 0 Å². The van der Waals surface area contributed by atoms with Gasteiger partial charge in [0.25, 0.3) is 5.56 Å². The number of esters is 1. The van der Waals surface area contributed by atoms with Crippen LogP contribution >= 0.6 is 12.2 Å². The average molecular weight is 590 g/mol. The third-order valence-corrected chi connectivity index (χ3v) is 6.62. The van der Waals surface area contributed by atoms with E-state index in [1.54, 1.807) is 12.1 Å². The first kappa shape index (κ1) is 31.3. The van der Waals surface area contributed by atoms with Gasteiger partial charge in [0, 0.05) is 13.1 Å². The van der Waals surface area contributed by atoms with Crippen LogP contribution in [0.1, 0.15) is 10.4 Å². The van der Waals surface area contributed by atoms with Gasteiger partial charge in [0.05, 0.1) is 60.2 Å². The van der Waals surface area contributed by atoms with E-state index in [9.17, 15) is 9.59 Å². The number of ether oxygens (including phenoxy) is 7. The van der Waals surface area contributed by atoms with Gasteiger partial charge in [-0.3, -0.25) is 14.3 Å². The molecule has 3 rings (SSSR count). The number of nitrogens with one attached hydrogen (secondary N) is 1. The molecule has 0 bridgehead atoms. The number of aromatic amines is 1. The summed E-state index contributed by atoms with van der Waals surface area (Å²) >= 11 is 5.56. The summed E-state index contributed by atoms with van der Waals surface area (Å²) in [6.07, 6.45) is 0.928. The number of H-pyrrole nitrogens is 1. The molecule has 0 fully saturated rings. The molecule has 1 N–H and O–H groups in total. The molecule has 1 atom stereocenters. The zero-order chi connectivity index (χ0) is 30.3. The van der Waals surface area contributed by atoms with Crippen molar-refractivity contribution in [1.82, 2.24) is 14.5 Å². The molecule has 0 saturated carbocycles. The minimum Gasteiger partial charge on any atom is -0.493 e. The number of aromatic nitrogens is 2. The van der Waals surface area contributed by atoms with Gasteiger partial charge in [-0.1, -0.05) is 6.08 Å². The molecule has 41 heavy (non-hydrogen) atoms. The summed E-state index contributed by atoms with van der Waals surface area (Å²) in [5.74, 6) is 1.17. The van der Waals surface area contributed by atoms with Crippen LogP contribution in [0.2, 0.25) is 0 Å². The second-order valence-corrected chi connectivity index (χ2v) is 9.25. The van der Waals surface area contributed by atoms with Crippen molar-refractivity contribution >= 4 is 29.1 Å². The average Bonchev–Trinajstić information content (AvgIpc) is 2.97. The third kappa shape index (κ3) is 6.57. The number of benzene rings is 2. The van der Waals surface area contributed by atoms with Crippen LogP contribution in [-0.2, 0) is 11.3 Å². The molecule has 1 unspecified atom stereocenters. The highest BCUT2D eigenvalue weighted by Gasteiger charge is 2.25. The molecule has 0 amide bonds. The van der Waals surface area contributed by atoms with Crippen molar-refractivity contribution in [3.05, 3.63) is 51.5 Å². The maximum absolute atomic E-state index is 13.7. The number of carbonyl (C=O) groups excluding carboxylic acids is 1. The molecule has 3 aromatic rings. The van der Waals surface area contributed by atoms with Gasteiger partial charge < -0.3 is 38.1 Å². The van der Waals surface area contributed by atoms with Crippen LogP contribution in [0.3, 0.4) is 0 Å². The van der Waals surface area contributed by atoms with Crippen molar-refractivity contribution in [2.75, 3.05) is 62.8 Å². The Kier molecular flexibility index (Phi) is 10.6. The zero-order valence-corrected chi connectivity index (χ0v) is 25.0. The summed E-state index contributed by atoms with van der Waals surface area (Å²) in [4.78, 5) is 32.0. The number of fused-ring (bicyclic) bond motifs is 1. The summed E-state index contributed by atoms with van der Waals surface area (Å²) in [6.45, 7) is 4.52. The topological polar surface area (TPSA) is 123 Å². The molecule has 13 heteroatoms. The standard InChI is InChI=1S/C28H35N3O9S/c1-9-10-30(2)14-17(40-27(33)16-11-19(34-3)23(37-6)20(12-16)35-4)15-31-26(32)18-13-21(36-5)24(38-7)25(39-8)22(18)29-28(31)41/h9,11-13,17H,1,10,14-15H2,2-8H3,(H,29,41). The summed E-state index contributed by atoms with van der Waals surface area (Å²) < 4.78 is 39.8. The van der Waals surface area contributed by atoms with E-state index in [-0.39, 0.29) is 34.6 Å². The largest absolute Gasteiger partial charge is 0.493 e. The molecule has 0 saturated heterocycles. The lowest BCUT2D eigenvalue weighted by molar-refractivity contribution is 0.0181. The Labute approximate surface area is 242 Å². The minimum absolute atomic E-state index is 0.0432. The van der Waals surface area contributed by atoms with Gasteiger partial charge in [-0.2, -0.15) is 0 Å². The van der Waals surface area contributed by atoms with Crippen LogP contribution in [0, 0.1) is 4.77 Å². The Hall–Kier alpha value is -4.23. The molecule has 0 aliphatic heterocycles. The monoisotopic (exact) mass is 589 g/mol. The Morgan fingerprint density at radius 1 is 0.951 bits per heavy atom. The van der Waals surface area contributed by atoms with Crippen LogP contribution in [0.4, 0.5) is 0 Å². The summed E-state index contributed by atoms with van der Waals surface area (Å²) in [5.41, 5.74) is 0.0998. The first-order valence-corrected chi connectivity index (χ1v) is 12.8. The lowest BCUT2D eigenvalue weighted by Gasteiger charge is -2.24. The lowest BCUT2D eigenvalue weighted by atomic mass is 10.1. The van der Waals surface area contributed by atoms with Crippen LogP contribution in [0.5, 0.6) is 34.5 Å². The van der Waals surface area contributed by atoms with Gasteiger partial charge in [-0.15, -0.1) is 6.58 Å². The lowest BCUT2D eigenvalue weighted by Crippen LogP contribution is -2.38. The molecular formula is C28H35N3O9S. The second-order valence-electron chi connectivity index (χ2n) is 8.87. The van der Waals surface area contributed by atoms with Crippen LogP contribution in [-0.4, -0.2) is 89.3 Å². The Balaban J connectivity index is 2.08. The van der Waals surface area contributed by atoms with E-state index in [4.69, 9.17) is 45.4 Å². The van der Waals surface area contributed by atoms with E-state index < -0.39 is 17.6 Å². The van der Waals surface area contributed by atoms with Gasteiger partial charge in [0.1, 0.15) is 11.6 Å². The third-order valence-electron chi connectivity index (χ3n) is 6.30. The highest BCUT2D eigenvalue weighted by molar-refractivity contribution is 7.71. The summed E-state index contributed by atoms with van der Waals surface area (Å²) in [5, 5.41) is 0.252. The highest BCUT2D eigenvalue weighted by Crippen LogP contribution is 2.41. The number of nitrogens with zero attached hydrogens (tertiary/aromatic N) is 2. The number of hydrogen-bond donors (Lipinski definition) is 1. The van der Waals surface area contributed by atoms with Crippen molar-refractivity contribution in [3.8, 4) is 34.5 Å². The SMILES string of the molecule is C=CCN(C)CC(Cn1c(=S)[nH]c2c(OC)c(OC)c(OC)cc2c1=O)OC(=O)c1cc(OC)c(OC)c(OC)c1. The zero-order valence-electron chi connectivity index (χ0n) is 24.2. The number of hydrogen-bond acceptors (Lipinski definition) is 11. The predicted octanol–water partition coefficient (Wildman–Crippen LogP) is 3.45. The summed E-state index contributed by atoms with van der Waals surface area (Å²) in [6, 6.07) is 4.53. The first-order chi connectivity index (χ1) is 19.7. The minimum atomic E-state index is -0.793. The predicted molar refractivity (Wildman–Crippen MR) is 156 cm³/mol. The van der Waals surface area contributed by atoms with Crippen LogP contribution in [0.15, 0.2) is 35.6 Å². The van der Waals surface area contributed by atoms with Gasteiger partial charge in [0.2, 0.25) is 11.5 Å². The number of methoxy groups -OCH3 is 6. The maximum Gasteiger partial charge on any atom is 0.338 e. The van der Waals surface area contributed by atoms with Crippen LogP contribution in [0.25, 0.3) is 10.9 Å². The van der Waals surface area contributed by atoms with E-state index in [1.807, 2.05) is 11.9 Å². The van der Waals surface area contributed by atoms with E-state index in [1.165, 1.54) is 59.4 Å². The Morgan fingerprint density at radius 3 is 2.02 bits per heavy atom. The van der Waals surface area contributed by atoms with E-state index in [2.05, 4.69) is 11.6 Å². The first-order valence-electron chi connectivity index (χ1n) is 12.4. The van der Waals surface area contributed by atoms with Gasteiger partial charge in [-0.05, 0) is 37.5 Å². The maximum atomic E-state index is 13.7. The highest BCUT2D eigenvalue weighted by atomic mass is 32.1. The molecule has 2 aromatic carbocycles. The molecule has 222 valence electrons. The molecular weight excluding hydrogens is 554 g/mol. The van der Waals surface area contributed by atoms with E-state index in [0.29, 0.717) is 40.8 Å². The van der Waals surface area contributed by atoms with Gasteiger partial charge in [0.15, 0.2) is 27.8 Å². The Bertz CT molecular complexity index is 1510. The van der Waals surface area contributed by atoms with E-state index >= 15 is 0 Å². The molecule has 0 spiro atoms. The molecule has 1 heterocycles. The molecule has 1 aromatic heterocycles. The molecule has 0 radical (unpaired) electrons. The van der Waals surface area contributed by atoms with Crippen molar-refractivity contribution in [2.24, 2.45) is 0 Å². The number of carbonyl (C=O) groups is 1. The van der Waals surface area contributed by atoms with Crippen molar-refractivity contribution < 1.29 is 38.0 Å². The van der Waals surface area contributed by atoms with Gasteiger partial charge in [-0.25, -0.2) is 4.79 Å². The molecule has 0 aliphatic rings. The molecule has 0 aliphatic carbocycles. The summed E-state index contributed by atoms with van der Waals surface area (Å²) in [7, 11) is 10.6. The van der Waals surface area contributed by atoms with Crippen LogP contribution < -0.4 is 34.0 Å². The Morgan fingerprint density at radius 2 is 1.51 bits per heavy atom. The normalized spacial score (nSPS) is 11.6. The molecule has 12 nitrogen and oxygen atoms in total. The number of likely N-dealkylation sites (N-methyl/N-ethyl adjacent to an activating group) is 1. The smallest absolute Gasteiger partial charge is 0.338 e. The fourth-order valence-electron chi connectivity index (χ4n) is 4.42. The van der Waals surface area contributed by atoms with Crippen molar-refractivity contribution in [3.63, 3.8) is 0 Å². The number of rotatable bonds is 14. The van der Waals surface area contributed by atoms with Crippen molar-refractivity contribution in [1.29, 1.82) is 0 Å². The van der Waals surface area contributed by atoms with Gasteiger partial charge >= 0.3 is 5.97 Å².